The molecule has 4 heteroatoms. The van der Waals surface area contributed by atoms with Gasteiger partial charge in [0.15, 0.2) is 0 Å². The molecule has 1 aromatic heterocycles. The predicted molar refractivity (Wildman–Crippen MR) is 80.6 cm³/mol. The van der Waals surface area contributed by atoms with Crippen molar-refractivity contribution in [3.8, 4) is 11.8 Å². The zero-order chi connectivity index (χ0) is 14.4. The third-order valence-corrected chi connectivity index (χ3v) is 3.67. The van der Waals surface area contributed by atoms with E-state index in [-0.39, 0.29) is 12.5 Å². The van der Waals surface area contributed by atoms with Gasteiger partial charge in [0.05, 0.1) is 6.54 Å². The fourth-order valence-corrected chi connectivity index (χ4v) is 2.41. The van der Waals surface area contributed by atoms with E-state index in [4.69, 9.17) is 5.11 Å². The largest absolute Gasteiger partial charge is 0.384 e. The van der Waals surface area contributed by atoms with Gasteiger partial charge in [0.2, 0.25) is 0 Å². The zero-order valence-electron chi connectivity index (χ0n) is 11.1. The molecule has 2 aromatic rings. The van der Waals surface area contributed by atoms with Gasteiger partial charge in [-0.15, -0.1) is 11.3 Å². The van der Waals surface area contributed by atoms with E-state index in [0.717, 1.165) is 16.0 Å². The fraction of sp³-hybridized carbons (Fsp3) is 0.188. The molecule has 0 saturated heterocycles. The van der Waals surface area contributed by atoms with Gasteiger partial charge in [-0.05, 0) is 36.1 Å². The van der Waals surface area contributed by atoms with Gasteiger partial charge in [-0.1, -0.05) is 24.0 Å². The van der Waals surface area contributed by atoms with E-state index < -0.39 is 0 Å². The summed E-state index contributed by atoms with van der Waals surface area (Å²) in [6.45, 7) is 2.24. The van der Waals surface area contributed by atoms with Crippen LogP contribution in [-0.4, -0.2) is 17.6 Å². The van der Waals surface area contributed by atoms with Crippen LogP contribution in [0, 0.1) is 18.8 Å². The third kappa shape index (κ3) is 3.70. The number of rotatable bonds is 3. The van der Waals surface area contributed by atoms with Crippen LogP contribution in [0.4, 0.5) is 0 Å². The third-order valence-electron chi connectivity index (χ3n) is 2.80. The summed E-state index contributed by atoms with van der Waals surface area (Å²) in [5.74, 6) is 5.28. The van der Waals surface area contributed by atoms with Crippen molar-refractivity contribution < 1.29 is 9.90 Å². The molecular formula is C16H15NO2S. The second-order valence-corrected chi connectivity index (χ2v) is 5.28. The molecule has 3 nitrogen and oxygen atoms in total. The maximum Gasteiger partial charge on any atom is 0.251 e. The fourth-order valence-electron chi connectivity index (χ4n) is 1.76. The number of nitrogens with one attached hydrogen (secondary N) is 1. The average Bonchev–Trinajstić information content (AvgIpc) is 2.97. The number of amides is 1. The normalized spacial score (nSPS) is 9.70. The van der Waals surface area contributed by atoms with Crippen LogP contribution in [0.5, 0.6) is 0 Å². The number of aliphatic hydroxyl groups excluding tert-OH is 1. The minimum Gasteiger partial charge on any atom is -0.384 e. The second-order valence-electron chi connectivity index (χ2n) is 4.25. The highest BCUT2D eigenvalue weighted by atomic mass is 32.1. The van der Waals surface area contributed by atoms with E-state index in [2.05, 4.69) is 17.2 Å². The van der Waals surface area contributed by atoms with Gasteiger partial charge in [0.1, 0.15) is 6.61 Å². The Morgan fingerprint density at radius 2 is 2.25 bits per heavy atom. The Hall–Kier alpha value is -2.09. The molecule has 0 aliphatic rings. The van der Waals surface area contributed by atoms with Crippen LogP contribution >= 0.6 is 11.3 Å². The van der Waals surface area contributed by atoms with Crippen molar-refractivity contribution in [1.82, 2.24) is 5.32 Å². The lowest BCUT2D eigenvalue weighted by Crippen LogP contribution is -2.23. The monoisotopic (exact) mass is 285 g/mol. The van der Waals surface area contributed by atoms with Crippen molar-refractivity contribution >= 4 is 17.2 Å². The van der Waals surface area contributed by atoms with Crippen LogP contribution in [0.3, 0.4) is 0 Å². The molecule has 0 aliphatic heterocycles. The number of carbonyl (C=O) groups is 1. The second kappa shape index (κ2) is 6.90. The number of hydrogen-bond donors (Lipinski definition) is 2. The number of hydrogen-bond acceptors (Lipinski definition) is 3. The van der Waals surface area contributed by atoms with Gasteiger partial charge in [-0.2, -0.15) is 0 Å². The Morgan fingerprint density at radius 1 is 1.40 bits per heavy atom. The first-order chi connectivity index (χ1) is 9.70. The van der Waals surface area contributed by atoms with Gasteiger partial charge in [-0.3, -0.25) is 4.79 Å². The first kappa shape index (κ1) is 14.3. The summed E-state index contributed by atoms with van der Waals surface area (Å²) in [6, 6.07) is 9.40. The van der Waals surface area contributed by atoms with E-state index in [1.807, 2.05) is 36.6 Å². The topological polar surface area (TPSA) is 49.3 Å². The lowest BCUT2D eigenvalue weighted by Gasteiger charge is -2.07. The molecule has 0 bridgehead atoms. The van der Waals surface area contributed by atoms with Gasteiger partial charge < -0.3 is 10.4 Å². The lowest BCUT2D eigenvalue weighted by atomic mass is 10.0. The molecule has 0 saturated carbocycles. The van der Waals surface area contributed by atoms with Crippen LogP contribution in [0.25, 0.3) is 0 Å². The smallest absolute Gasteiger partial charge is 0.251 e. The number of aliphatic hydroxyl groups is 1. The lowest BCUT2D eigenvalue weighted by molar-refractivity contribution is 0.0950. The first-order valence-electron chi connectivity index (χ1n) is 6.21. The summed E-state index contributed by atoms with van der Waals surface area (Å²) in [6.07, 6.45) is 0. The summed E-state index contributed by atoms with van der Waals surface area (Å²) >= 11 is 1.61. The minimum absolute atomic E-state index is 0.108. The highest BCUT2D eigenvalue weighted by Gasteiger charge is 2.09. The average molecular weight is 285 g/mol. The summed E-state index contributed by atoms with van der Waals surface area (Å²) in [5.41, 5.74) is 2.25. The number of aryl methyl sites for hydroxylation is 1. The van der Waals surface area contributed by atoms with Crippen molar-refractivity contribution in [3.05, 3.63) is 57.3 Å². The number of carbonyl (C=O) groups excluding carboxylic acids is 1. The molecule has 102 valence electrons. The van der Waals surface area contributed by atoms with Gasteiger partial charge in [0, 0.05) is 16.0 Å². The molecule has 0 unspecified atom stereocenters. The summed E-state index contributed by atoms with van der Waals surface area (Å²) in [7, 11) is 0. The van der Waals surface area contributed by atoms with Crippen molar-refractivity contribution in [2.75, 3.05) is 6.61 Å². The quantitative estimate of drug-likeness (QED) is 0.850. The Morgan fingerprint density at radius 3 is 2.95 bits per heavy atom. The van der Waals surface area contributed by atoms with Crippen molar-refractivity contribution in [1.29, 1.82) is 0 Å². The van der Waals surface area contributed by atoms with E-state index in [0.29, 0.717) is 12.1 Å². The van der Waals surface area contributed by atoms with Crippen LogP contribution in [-0.2, 0) is 6.54 Å². The van der Waals surface area contributed by atoms with Gasteiger partial charge in [0.25, 0.3) is 5.91 Å². The minimum atomic E-state index is -0.187. The Labute approximate surface area is 122 Å². The molecule has 2 rings (SSSR count). The SMILES string of the molecule is Cc1ccc(C#CCO)cc1C(=O)NCc1cccs1. The summed E-state index contributed by atoms with van der Waals surface area (Å²) < 4.78 is 0. The highest BCUT2D eigenvalue weighted by molar-refractivity contribution is 7.09. The molecule has 0 fully saturated rings. The van der Waals surface area contributed by atoms with E-state index in [9.17, 15) is 4.79 Å². The molecule has 0 aliphatic carbocycles. The molecule has 0 radical (unpaired) electrons. The van der Waals surface area contributed by atoms with Crippen molar-refractivity contribution in [3.63, 3.8) is 0 Å². The predicted octanol–water partition coefficient (Wildman–Crippen LogP) is 2.33. The Bertz CT molecular complexity index is 651. The van der Waals surface area contributed by atoms with Crippen LogP contribution in [0.1, 0.15) is 26.4 Å². The van der Waals surface area contributed by atoms with E-state index in [1.165, 1.54) is 0 Å². The first-order valence-corrected chi connectivity index (χ1v) is 7.09. The molecule has 1 aromatic carbocycles. The maximum atomic E-state index is 12.2. The van der Waals surface area contributed by atoms with Crippen LogP contribution in [0.2, 0.25) is 0 Å². The molecule has 2 N–H and O–H groups in total. The summed E-state index contributed by atoms with van der Waals surface area (Å²) in [5, 5.41) is 13.6. The molecule has 1 heterocycles. The Kier molecular flexibility index (Phi) is 4.94. The molecule has 20 heavy (non-hydrogen) atoms. The van der Waals surface area contributed by atoms with E-state index >= 15 is 0 Å². The van der Waals surface area contributed by atoms with Crippen LogP contribution in [0.15, 0.2) is 35.7 Å². The number of thiophene rings is 1. The van der Waals surface area contributed by atoms with Crippen molar-refractivity contribution in [2.45, 2.75) is 13.5 Å². The van der Waals surface area contributed by atoms with Crippen LogP contribution < -0.4 is 5.32 Å². The van der Waals surface area contributed by atoms with E-state index in [1.54, 1.807) is 17.4 Å². The van der Waals surface area contributed by atoms with Gasteiger partial charge >= 0.3 is 0 Å². The highest BCUT2D eigenvalue weighted by Crippen LogP contribution is 2.12. The molecule has 1 amide bonds. The maximum absolute atomic E-state index is 12.2. The van der Waals surface area contributed by atoms with Gasteiger partial charge in [-0.25, -0.2) is 0 Å². The molecule has 0 atom stereocenters. The molecule has 0 spiro atoms. The zero-order valence-corrected chi connectivity index (χ0v) is 12.0. The number of benzene rings is 1. The Balaban J connectivity index is 2.12. The molecular weight excluding hydrogens is 270 g/mol. The standard InChI is InChI=1S/C16H15NO2S/c1-12-6-7-13(4-2-8-18)10-15(12)16(19)17-11-14-5-3-9-20-14/h3,5-7,9-10,18H,8,11H2,1H3,(H,17,19). The summed E-state index contributed by atoms with van der Waals surface area (Å²) in [4.78, 5) is 13.3. The van der Waals surface area contributed by atoms with Crippen molar-refractivity contribution in [2.24, 2.45) is 0 Å².